The predicted octanol–water partition coefficient (Wildman–Crippen LogP) is 3.67. The molecule has 1 heterocycles. The number of ether oxygens (including phenoxy) is 2. The zero-order valence-corrected chi connectivity index (χ0v) is 12.6. The Morgan fingerprint density at radius 2 is 1.86 bits per heavy atom. The molecule has 1 aliphatic heterocycles. The van der Waals surface area contributed by atoms with E-state index in [0.717, 1.165) is 30.8 Å². The van der Waals surface area contributed by atoms with Crippen molar-refractivity contribution in [3.63, 3.8) is 0 Å². The van der Waals surface area contributed by atoms with Gasteiger partial charge in [-0.2, -0.15) is 0 Å². The molecule has 0 saturated carbocycles. The van der Waals surface area contributed by atoms with Gasteiger partial charge in [0.2, 0.25) is 0 Å². The molecule has 3 nitrogen and oxygen atoms in total. The van der Waals surface area contributed by atoms with E-state index in [1.807, 2.05) is 6.07 Å². The Labute approximate surface area is 125 Å². The van der Waals surface area contributed by atoms with Crippen LogP contribution in [0.25, 0.3) is 0 Å². The molecule has 1 N–H and O–H groups in total. The van der Waals surface area contributed by atoms with Crippen molar-refractivity contribution < 1.29 is 9.47 Å². The van der Waals surface area contributed by atoms with Crippen LogP contribution < -0.4 is 14.8 Å². The van der Waals surface area contributed by atoms with Gasteiger partial charge >= 0.3 is 0 Å². The Bertz CT molecular complexity index is 624. The van der Waals surface area contributed by atoms with Gasteiger partial charge in [-0.1, -0.05) is 24.3 Å². The van der Waals surface area contributed by atoms with Gasteiger partial charge in [-0.15, -0.1) is 0 Å². The van der Waals surface area contributed by atoms with E-state index in [0.29, 0.717) is 6.04 Å². The largest absolute Gasteiger partial charge is 0.493 e. The standard InChI is InChI=1S/C18H21NO2/c1-20-17-10-7-13(12-18(17)21-2)11-15-9-8-14-5-3-4-6-16(14)19-15/h3-7,10,12,15,19H,8-9,11H2,1-2H3. The molecule has 0 bridgehead atoms. The third kappa shape index (κ3) is 2.97. The summed E-state index contributed by atoms with van der Waals surface area (Å²) in [5.74, 6) is 1.58. The van der Waals surface area contributed by atoms with E-state index < -0.39 is 0 Å². The monoisotopic (exact) mass is 283 g/mol. The average molecular weight is 283 g/mol. The number of nitrogens with one attached hydrogen (secondary N) is 1. The van der Waals surface area contributed by atoms with Gasteiger partial charge in [0.1, 0.15) is 0 Å². The minimum Gasteiger partial charge on any atom is -0.493 e. The number of aryl methyl sites for hydroxylation is 1. The molecule has 1 unspecified atom stereocenters. The van der Waals surface area contributed by atoms with E-state index in [4.69, 9.17) is 9.47 Å². The summed E-state index contributed by atoms with van der Waals surface area (Å²) in [5, 5.41) is 3.64. The van der Waals surface area contributed by atoms with Gasteiger partial charge in [0.15, 0.2) is 11.5 Å². The normalized spacial score (nSPS) is 16.8. The van der Waals surface area contributed by atoms with Gasteiger partial charge in [0, 0.05) is 11.7 Å². The number of hydrogen-bond acceptors (Lipinski definition) is 3. The Morgan fingerprint density at radius 1 is 1.05 bits per heavy atom. The quantitative estimate of drug-likeness (QED) is 0.928. The highest BCUT2D eigenvalue weighted by Gasteiger charge is 2.18. The van der Waals surface area contributed by atoms with Crippen LogP contribution in [0, 0.1) is 0 Å². The SMILES string of the molecule is COc1ccc(CC2CCc3ccccc3N2)cc1OC. The van der Waals surface area contributed by atoms with Crippen molar-refractivity contribution in [2.24, 2.45) is 0 Å². The summed E-state index contributed by atoms with van der Waals surface area (Å²) in [5.41, 5.74) is 3.96. The van der Waals surface area contributed by atoms with Crippen molar-refractivity contribution in [2.75, 3.05) is 19.5 Å². The second-order valence-corrected chi connectivity index (χ2v) is 5.43. The van der Waals surface area contributed by atoms with Gasteiger partial charge in [-0.05, 0) is 48.6 Å². The fourth-order valence-corrected chi connectivity index (χ4v) is 2.95. The lowest BCUT2D eigenvalue weighted by atomic mass is 9.94. The third-order valence-corrected chi connectivity index (χ3v) is 4.07. The van der Waals surface area contributed by atoms with Gasteiger partial charge in [0.05, 0.1) is 14.2 Å². The summed E-state index contributed by atoms with van der Waals surface area (Å²) in [6.07, 6.45) is 3.29. The fourth-order valence-electron chi connectivity index (χ4n) is 2.95. The first-order valence-corrected chi connectivity index (χ1v) is 7.35. The highest BCUT2D eigenvalue weighted by molar-refractivity contribution is 5.54. The van der Waals surface area contributed by atoms with Crippen molar-refractivity contribution in [3.8, 4) is 11.5 Å². The summed E-state index contributed by atoms with van der Waals surface area (Å²) in [6.45, 7) is 0. The summed E-state index contributed by atoms with van der Waals surface area (Å²) in [6, 6.07) is 15.2. The maximum Gasteiger partial charge on any atom is 0.160 e. The smallest absolute Gasteiger partial charge is 0.160 e. The number of benzene rings is 2. The molecule has 110 valence electrons. The van der Waals surface area contributed by atoms with Crippen LogP contribution in [0.15, 0.2) is 42.5 Å². The number of fused-ring (bicyclic) bond motifs is 1. The van der Waals surface area contributed by atoms with Crippen LogP contribution in [0.2, 0.25) is 0 Å². The summed E-state index contributed by atoms with van der Waals surface area (Å²) >= 11 is 0. The van der Waals surface area contributed by atoms with Crippen molar-refractivity contribution in [2.45, 2.75) is 25.3 Å². The number of hydrogen-bond donors (Lipinski definition) is 1. The molecule has 0 saturated heterocycles. The molecule has 2 aromatic carbocycles. The molecule has 3 rings (SSSR count). The van der Waals surface area contributed by atoms with Crippen LogP contribution in [-0.2, 0) is 12.8 Å². The third-order valence-electron chi connectivity index (χ3n) is 4.07. The number of para-hydroxylation sites is 1. The summed E-state index contributed by atoms with van der Waals surface area (Å²) in [7, 11) is 3.34. The van der Waals surface area contributed by atoms with Gasteiger partial charge in [-0.3, -0.25) is 0 Å². The predicted molar refractivity (Wildman–Crippen MR) is 85.4 cm³/mol. The van der Waals surface area contributed by atoms with E-state index >= 15 is 0 Å². The van der Waals surface area contributed by atoms with Crippen molar-refractivity contribution in [3.05, 3.63) is 53.6 Å². The van der Waals surface area contributed by atoms with Crippen LogP contribution in [0.1, 0.15) is 17.5 Å². The van der Waals surface area contributed by atoms with Crippen LogP contribution in [0.4, 0.5) is 5.69 Å². The molecule has 1 aliphatic rings. The van der Waals surface area contributed by atoms with Crippen molar-refractivity contribution >= 4 is 5.69 Å². The molecule has 0 radical (unpaired) electrons. The number of anilines is 1. The minimum absolute atomic E-state index is 0.470. The van der Waals surface area contributed by atoms with Crippen LogP contribution in [0.5, 0.6) is 11.5 Å². The maximum atomic E-state index is 5.38. The van der Waals surface area contributed by atoms with E-state index in [1.165, 1.54) is 16.8 Å². The first kappa shape index (κ1) is 13.8. The van der Waals surface area contributed by atoms with Gasteiger partial charge in [0.25, 0.3) is 0 Å². The zero-order valence-electron chi connectivity index (χ0n) is 12.6. The molecule has 2 aromatic rings. The Kier molecular flexibility index (Phi) is 4.00. The second kappa shape index (κ2) is 6.08. The average Bonchev–Trinajstić information content (AvgIpc) is 2.54. The van der Waals surface area contributed by atoms with Crippen molar-refractivity contribution in [1.82, 2.24) is 0 Å². The maximum absolute atomic E-state index is 5.38. The first-order chi connectivity index (χ1) is 10.3. The highest BCUT2D eigenvalue weighted by Crippen LogP contribution is 2.30. The molecule has 0 spiro atoms. The number of methoxy groups -OCH3 is 2. The Hall–Kier alpha value is -2.16. The van der Waals surface area contributed by atoms with Gasteiger partial charge < -0.3 is 14.8 Å². The number of rotatable bonds is 4. The van der Waals surface area contributed by atoms with E-state index in [9.17, 15) is 0 Å². The van der Waals surface area contributed by atoms with E-state index in [-0.39, 0.29) is 0 Å². The molecular formula is C18H21NO2. The summed E-state index contributed by atoms with van der Waals surface area (Å²) in [4.78, 5) is 0. The summed E-state index contributed by atoms with van der Waals surface area (Å²) < 4.78 is 10.7. The second-order valence-electron chi connectivity index (χ2n) is 5.43. The van der Waals surface area contributed by atoms with Crippen LogP contribution in [0.3, 0.4) is 0 Å². The van der Waals surface area contributed by atoms with E-state index in [2.05, 4.69) is 41.7 Å². The minimum atomic E-state index is 0.470. The Balaban J connectivity index is 1.73. The molecule has 1 atom stereocenters. The molecular weight excluding hydrogens is 262 g/mol. The van der Waals surface area contributed by atoms with Crippen LogP contribution in [-0.4, -0.2) is 20.3 Å². The molecule has 3 heteroatoms. The molecule has 0 aliphatic carbocycles. The van der Waals surface area contributed by atoms with Crippen molar-refractivity contribution in [1.29, 1.82) is 0 Å². The Morgan fingerprint density at radius 3 is 2.67 bits per heavy atom. The molecule has 0 amide bonds. The lowest BCUT2D eigenvalue weighted by Gasteiger charge is -2.27. The lowest BCUT2D eigenvalue weighted by molar-refractivity contribution is 0.354. The molecule has 0 fully saturated rings. The first-order valence-electron chi connectivity index (χ1n) is 7.35. The van der Waals surface area contributed by atoms with Gasteiger partial charge in [-0.25, -0.2) is 0 Å². The lowest BCUT2D eigenvalue weighted by Crippen LogP contribution is -2.27. The fraction of sp³-hybridized carbons (Fsp3) is 0.333. The van der Waals surface area contributed by atoms with Crippen LogP contribution >= 0.6 is 0 Å². The zero-order chi connectivity index (χ0) is 14.7. The molecule has 21 heavy (non-hydrogen) atoms. The highest BCUT2D eigenvalue weighted by atomic mass is 16.5. The molecule has 0 aromatic heterocycles. The topological polar surface area (TPSA) is 30.5 Å². The van der Waals surface area contributed by atoms with E-state index in [1.54, 1.807) is 14.2 Å².